The molecule has 0 spiro atoms. The second-order valence-electron chi connectivity index (χ2n) is 8.31. The van der Waals surface area contributed by atoms with Gasteiger partial charge in [-0.15, -0.1) is 0 Å². The third-order valence-corrected chi connectivity index (χ3v) is 5.93. The normalized spacial score (nSPS) is 16.2. The van der Waals surface area contributed by atoms with Gasteiger partial charge < -0.3 is 5.32 Å². The number of rotatable bonds is 7. The van der Waals surface area contributed by atoms with Gasteiger partial charge in [-0.2, -0.15) is 5.10 Å². The monoisotopic (exact) mass is 433 g/mol. The van der Waals surface area contributed by atoms with Gasteiger partial charge in [0.05, 0.1) is 11.5 Å². The fraction of sp³-hybridized carbons (Fsp3) is 0.333. The van der Waals surface area contributed by atoms with E-state index in [-0.39, 0.29) is 17.6 Å². The first-order valence-corrected chi connectivity index (χ1v) is 10.7. The van der Waals surface area contributed by atoms with Gasteiger partial charge in [-0.05, 0) is 43.5 Å². The SMILES string of the molecule is Cc1nn(Cc2ccc(C(=O)NC3CCN(Cc4ccccc4)C3)cc2)c(C)c1[N+](=O)[O-]. The molecule has 2 aromatic carbocycles. The van der Waals surface area contributed by atoms with Gasteiger partial charge in [0.25, 0.3) is 5.91 Å². The van der Waals surface area contributed by atoms with E-state index in [1.54, 1.807) is 30.7 Å². The molecule has 1 fully saturated rings. The molecule has 1 atom stereocenters. The lowest BCUT2D eigenvalue weighted by molar-refractivity contribution is -0.386. The summed E-state index contributed by atoms with van der Waals surface area (Å²) in [5.41, 5.74) is 3.80. The fourth-order valence-electron chi connectivity index (χ4n) is 4.24. The molecular formula is C24H27N5O3. The van der Waals surface area contributed by atoms with Crippen molar-refractivity contribution in [2.45, 2.75) is 39.4 Å². The highest BCUT2D eigenvalue weighted by atomic mass is 16.6. The van der Waals surface area contributed by atoms with Crippen molar-refractivity contribution in [2.24, 2.45) is 0 Å². The molecule has 1 aliphatic rings. The summed E-state index contributed by atoms with van der Waals surface area (Å²) in [4.78, 5) is 25.8. The quantitative estimate of drug-likeness (QED) is 0.455. The van der Waals surface area contributed by atoms with Crippen LogP contribution < -0.4 is 5.32 Å². The number of aryl methyl sites for hydroxylation is 1. The largest absolute Gasteiger partial charge is 0.348 e. The molecule has 8 nitrogen and oxygen atoms in total. The number of amides is 1. The maximum Gasteiger partial charge on any atom is 0.312 e. The Bertz CT molecular complexity index is 1110. The number of carbonyl (C=O) groups is 1. The maximum atomic E-state index is 12.7. The highest BCUT2D eigenvalue weighted by molar-refractivity contribution is 5.94. The molecule has 1 amide bonds. The molecule has 166 valence electrons. The Morgan fingerprint density at radius 1 is 1.09 bits per heavy atom. The molecule has 1 aliphatic heterocycles. The van der Waals surface area contributed by atoms with Crippen molar-refractivity contribution < 1.29 is 9.72 Å². The van der Waals surface area contributed by atoms with E-state index in [9.17, 15) is 14.9 Å². The standard InChI is InChI=1S/C24H27N5O3/c1-17-23(29(31)32)18(2)28(26-17)15-20-8-10-21(11-9-20)24(30)25-22-12-13-27(16-22)14-19-6-4-3-5-7-19/h3-11,22H,12-16H2,1-2H3,(H,25,30). The van der Waals surface area contributed by atoms with Crippen LogP contribution >= 0.6 is 0 Å². The van der Waals surface area contributed by atoms with Crippen molar-refractivity contribution in [1.29, 1.82) is 0 Å². The van der Waals surface area contributed by atoms with Crippen LogP contribution in [0.4, 0.5) is 5.69 Å². The summed E-state index contributed by atoms with van der Waals surface area (Å²) in [6.45, 7) is 6.45. The molecular weight excluding hydrogens is 406 g/mol. The van der Waals surface area contributed by atoms with Gasteiger partial charge in [0.2, 0.25) is 0 Å². The number of carbonyl (C=O) groups excluding carboxylic acids is 1. The molecule has 8 heteroatoms. The lowest BCUT2D eigenvalue weighted by Gasteiger charge is -2.17. The van der Waals surface area contributed by atoms with E-state index in [0.717, 1.165) is 31.6 Å². The average Bonchev–Trinajstić information content (AvgIpc) is 3.32. The van der Waals surface area contributed by atoms with Crippen LogP contribution in [-0.2, 0) is 13.1 Å². The molecule has 1 aromatic heterocycles. The van der Waals surface area contributed by atoms with Crippen LogP contribution in [0, 0.1) is 24.0 Å². The molecule has 1 unspecified atom stereocenters. The van der Waals surface area contributed by atoms with E-state index in [1.807, 2.05) is 30.3 Å². The summed E-state index contributed by atoms with van der Waals surface area (Å²) in [7, 11) is 0. The zero-order valence-corrected chi connectivity index (χ0v) is 18.3. The summed E-state index contributed by atoms with van der Waals surface area (Å²) < 4.78 is 1.63. The van der Waals surface area contributed by atoms with Crippen LogP contribution in [0.25, 0.3) is 0 Å². The highest BCUT2D eigenvalue weighted by Crippen LogP contribution is 2.22. The van der Waals surface area contributed by atoms with Crippen LogP contribution in [0.3, 0.4) is 0 Å². The van der Waals surface area contributed by atoms with Crippen LogP contribution in [0.2, 0.25) is 0 Å². The Kier molecular flexibility index (Phi) is 6.32. The van der Waals surface area contributed by atoms with E-state index < -0.39 is 4.92 Å². The molecule has 3 aromatic rings. The van der Waals surface area contributed by atoms with Crippen LogP contribution in [0.15, 0.2) is 54.6 Å². The van der Waals surface area contributed by atoms with Crippen LogP contribution in [0.5, 0.6) is 0 Å². The third-order valence-electron chi connectivity index (χ3n) is 5.93. The van der Waals surface area contributed by atoms with E-state index >= 15 is 0 Å². The van der Waals surface area contributed by atoms with E-state index in [4.69, 9.17) is 0 Å². The third kappa shape index (κ3) is 4.86. The molecule has 2 heterocycles. The molecule has 1 N–H and O–H groups in total. The van der Waals surface area contributed by atoms with Gasteiger partial charge in [-0.25, -0.2) is 0 Å². The number of aromatic nitrogens is 2. The van der Waals surface area contributed by atoms with Crippen molar-refractivity contribution >= 4 is 11.6 Å². The molecule has 0 radical (unpaired) electrons. The Hall–Kier alpha value is -3.52. The zero-order valence-electron chi connectivity index (χ0n) is 18.3. The predicted octanol–water partition coefficient (Wildman–Crippen LogP) is 3.46. The minimum Gasteiger partial charge on any atom is -0.348 e. The molecule has 1 saturated heterocycles. The van der Waals surface area contributed by atoms with Crippen LogP contribution in [0.1, 0.15) is 39.3 Å². The topological polar surface area (TPSA) is 93.3 Å². The Labute approximate surface area is 187 Å². The maximum absolute atomic E-state index is 12.7. The Morgan fingerprint density at radius 3 is 2.44 bits per heavy atom. The fourth-order valence-corrected chi connectivity index (χ4v) is 4.24. The summed E-state index contributed by atoms with van der Waals surface area (Å²) in [5, 5.41) is 18.6. The number of hydrogen-bond acceptors (Lipinski definition) is 5. The minimum absolute atomic E-state index is 0.0545. The minimum atomic E-state index is -0.397. The first-order valence-electron chi connectivity index (χ1n) is 10.7. The van der Waals surface area contributed by atoms with Crippen LogP contribution in [-0.4, -0.2) is 44.6 Å². The number of hydrogen-bond donors (Lipinski definition) is 1. The van der Waals surface area contributed by atoms with Gasteiger partial charge in [0.1, 0.15) is 11.4 Å². The summed E-state index contributed by atoms with van der Waals surface area (Å²) in [5.74, 6) is -0.0788. The summed E-state index contributed by atoms with van der Waals surface area (Å²) >= 11 is 0. The smallest absolute Gasteiger partial charge is 0.312 e. The van der Waals surface area contributed by atoms with Crippen molar-refractivity contribution in [1.82, 2.24) is 20.0 Å². The van der Waals surface area contributed by atoms with E-state index in [0.29, 0.717) is 23.5 Å². The van der Waals surface area contributed by atoms with Gasteiger partial charge in [0, 0.05) is 31.2 Å². The number of nitrogens with zero attached hydrogens (tertiary/aromatic N) is 4. The number of nitrogens with one attached hydrogen (secondary N) is 1. The van der Waals surface area contributed by atoms with Crippen molar-refractivity contribution in [2.75, 3.05) is 13.1 Å². The Morgan fingerprint density at radius 2 is 1.78 bits per heavy atom. The summed E-state index contributed by atoms with van der Waals surface area (Å²) in [6.07, 6.45) is 0.938. The van der Waals surface area contributed by atoms with Gasteiger partial charge >= 0.3 is 5.69 Å². The molecule has 0 saturated carbocycles. The Balaban J connectivity index is 1.33. The molecule has 32 heavy (non-hydrogen) atoms. The number of nitro groups is 1. The molecule has 0 aliphatic carbocycles. The second kappa shape index (κ2) is 9.32. The first kappa shape index (κ1) is 21.7. The second-order valence-corrected chi connectivity index (χ2v) is 8.31. The lowest BCUT2D eigenvalue weighted by atomic mass is 10.1. The van der Waals surface area contributed by atoms with Crippen molar-refractivity contribution in [3.05, 3.63) is 92.8 Å². The van der Waals surface area contributed by atoms with Gasteiger partial charge in [-0.1, -0.05) is 42.5 Å². The van der Waals surface area contributed by atoms with Crippen molar-refractivity contribution in [3.63, 3.8) is 0 Å². The number of likely N-dealkylation sites (tertiary alicyclic amines) is 1. The van der Waals surface area contributed by atoms with E-state index in [2.05, 4.69) is 27.4 Å². The van der Waals surface area contributed by atoms with E-state index in [1.165, 1.54) is 5.56 Å². The predicted molar refractivity (Wildman–Crippen MR) is 121 cm³/mol. The zero-order chi connectivity index (χ0) is 22.7. The van der Waals surface area contributed by atoms with Gasteiger partial charge in [0.15, 0.2) is 0 Å². The molecule has 0 bridgehead atoms. The summed E-state index contributed by atoms with van der Waals surface area (Å²) in [6, 6.07) is 17.8. The van der Waals surface area contributed by atoms with Crippen molar-refractivity contribution in [3.8, 4) is 0 Å². The highest BCUT2D eigenvalue weighted by Gasteiger charge is 2.24. The number of benzene rings is 2. The first-order chi connectivity index (χ1) is 15.4. The lowest BCUT2D eigenvalue weighted by Crippen LogP contribution is -2.37. The molecule has 4 rings (SSSR count). The average molecular weight is 434 g/mol. The van der Waals surface area contributed by atoms with Gasteiger partial charge in [-0.3, -0.25) is 24.5 Å².